The Labute approximate surface area is 192 Å². The van der Waals surface area contributed by atoms with E-state index in [0.717, 1.165) is 22.2 Å². The summed E-state index contributed by atoms with van der Waals surface area (Å²) in [5.74, 6) is 1.20. The van der Waals surface area contributed by atoms with E-state index < -0.39 is 6.10 Å². The molecule has 2 heterocycles. The molecule has 1 aromatic heterocycles. The number of fused-ring (bicyclic) bond motifs is 2. The fourth-order valence-electron chi connectivity index (χ4n) is 4.13. The van der Waals surface area contributed by atoms with Gasteiger partial charge in [-0.3, -0.25) is 9.59 Å². The number of Topliss-reactive ketones (excluding diaryl/α,β-unsaturated/α-hetero) is 1. The van der Waals surface area contributed by atoms with Crippen LogP contribution in [0.25, 0.3) is 10.9 Å². The minimum atomic E-state index is -0.534. The van der Waals surface area contributed by atoms with E-state index in [9.17, 15) is 9.59 Å². The number of anilines is 1. The van der Waals surface area contributed by atoms with E-state index in [1.165, 1.54) is 0 Å². The molecule has 0 radical (unpaired) electrons. The van der Waals surface area contributed by atoms with E-state index in [-0.39, 0.29) is 18.2 Å². The number of rotatable bonds is 6. The first-order valence-electron chi connectivity index (χ1n) is 10.9. The Morgan fingerprint density at radius 1 is 1.03 bits per heavy atom. The van der Waals surface area contributed by atoms with Crippen molar-refractivity contribution in [3.63, 3.8) is 0 Å². The summed E-state index contributed by atoms with van der Waals surface area (Å²) in [4.78, 5) is 26.9. The van der Waals surface area contributed by atoms with Gasteiger partial charge in [0.25, 0.3) is 5.91 Å². The number of carbonyl (C=O) groups excluding carboxylic acids is 2. The van der Waals surface area contributed by atoms with Crippen molar-refractivity contribution in [2.24, 2.45) is 0 Å². The number of ether oxygens (including phenoxy) is 2. The summed E-state index contributed by atoms with van der Waals surface area (Å²) in [6.45, 7) is 2.38. The smallest absolute Gasteiger partial charge is 0.267 e. The molecular formula is C27H24N2O4. The van der Waals surface area contributed by atoms with Crippen molar-refractivity contribution >= 4 is 28.3 Å². The average molecular weight is 440 g/mol. The average Bonchev–Trinajstić information content (AvgIpc) is 3.25. The van der Waals surface area contributed by atoms with Crippen LogP contribution in [0.2, 0.25) is 0 Å². The molecular weight excluding hydrogens is 416 g/mol. The molecule has 33 heavy (non-hydrogen) atoms. The van der Waals surface area contributed by atoms with Crippen molar-refractivity contribution in [2.75, 3.05) is 11.9 Å². The van der Waals surface area contributed by atoms with Gasteiger partial charge in [-0.2, -0.15) is 0 Å². The second kappa shape index (κ2) is 8.47. The van der Waals surface area contributed by atoms with Crippen LogP contribution in [-0.4, -0.2) is 29.4 Å². The Bertz CT molecular complexity index is 1340. The predicted octanol–water partition coefficient (Wildman–Crippen LogP) is 4.85. The van der Waals surface area contributed by atoms with Crippen molar-refractivity contribution in [1.82, 2.24) is 4.57 Å². The van der Waals surface area contributed by atoms with Gasteiger partial charge in [0.1, 0.15) is 18.1 Å². The molecule has 0 spiro atoms. The zero-order valence-corrected chi connectivity index (χ0v) is 18.5. The maximum Gasteiger partial charge on any atom is 0.267 e. The van der Waals surface area contributed by atoms with Crippen LogP contribution in [0.5, 0.6) is 11.5 Å². The van der Waals surface area contributed by atoms with Crippen LogP contribution in [0, 0.1) is 0 Å². The molecule has 1 unspecified atom stereocenters. The van der Waals surface area contributed by atoms with E-state index >= 15 is 0 Å². The molecule has 1 atom stereocenters. The minimum Gasteiger partial charge on any atom is -0.488 e. The lowest BCUT2D eigenvalue weighted by Gasteiger charge is -2.30. The van der Waals surface area contributed by atoms with E-state index in [4.69, 9.17) is 9.47 Å². The zero-order valence-electron chi connectivity index (χ0n) is 18.5. The first kappa shape index (κ1) is 20.8. The molecule has 6 heteroatoms. The van der Waals surface area contributed by atoms with E-state index in [1.54, 1.807) is 37.1 Å². The third kappa shape index (κ3) is 3.96. The van der Waals surface area contributed by atoms with E-state index in [0.29, 0.717) is 23.6 Å². The van der Waals surface area contributed by atoms with Crippen molar-refractivity contribution in [3.05, 3.63) is 90.1 Å². The number of carbonyl (C=O) groups is 2. The van der Waals surface area contributed by atoms with Crippen molar-refractivity contribution in [3.8, 4) is 11.5 Å². The molecule has 1 aliphatic heterocycles. The summed E-state index contributed by atoms with van der Waals surface area (Å²) < 4.78 is 13.6. The fraction of sp³-hybridized carbons (Fsp3) is 0.185. The van der Waals surface area contributed by atoms with Gasteiger partial charge in [0.05, 0.1) is 17.7 Å². The molecule has 3 aromatic carbocycles. The van der Waals surface area contributed by atoms with Gasteiger partial charge < -0.3 is 18.9 Å². The molecule has 6 nitrogen and oxygen atoms in total. The van der Waals surface area contributed by atoms with Crippen LogP contribution in [-0.2, 0) is 17.9 Å². The number of amides is 1. The fourth-order valence-corrected chi connectivity index (χ4v) is 4.13. The number of aromatic nitrogens is 1. The van der Waals surface area contributed by atoms with Crippen LogP contribution in [0.3, 0.4) is 0 Å². The van der Waals surface area contributed by atoms with Gasteiger partial charge in [0.2, 0.25) is 0 Å². The molecule has 0 saturated carbocycles. The molecule has 0 saturated heterocycles. The number of nitrogens with zero attached hydrogens (tertiary/aromatic N) is 2. The number of hydrogen-bond acceptors (Lipinski definition) is 4. The van der Waals surface area contributed by atoms with E-state index in [1.807, 2.05) is 65.4 Å². The largest absolute Gasteiger partial charge is 0.488 e. The molecule has 0 N–H and O–H groups in total. The highest BCUT2D eigenvalue weighted by Gasteiger charge is 2.29. The SMILES string of the molecule is CC1Oc2ccc(C(=O)Cn3ccc4c(OCc5ccccc5)cccc43)cc2N(C)C1=O. The standard InChI is InChI=1S/C27H24N2O4/c1-18-27(31)28(2)23-15-20(11-12-26(23)33-18)24(30)16-29-14-13-21-22(29)9-6-10-25(21)32-17-19-7-4-3-5-8-19/h3-15,18H,16-17H2,1-2H3. The van der Waals surface area contributed by atoms with Crippen molar-refractivity contribution in [1.29, 1.82) is 0 Å². The lowest BCUT2D eigenvalue weighted by atomic mass is 10.1. The van der Waals surface area contributed by atoms with Crippen molar-refractivity contribution < 1.29 is 19.1 Å². The molecule has 166 valence electrons. The Morgan fingerprint density at radius 2 is 1.85 bits per heavy atom. The quantitative estimate of drug-likeness (QED) is 0.402. The number of ketones is 1. The number of likely N-dealkylation sites (N-methyl/N-ethyl adjacent to an activating group) is 1. The monoisotopic (exact) mass is 440 g/mol. The molecule has 5 rings (SSSR count). The highest BCUT2D eigenvalue weighted by atomic mass is 16.5. The van der Waals surface area contributed by atoms with Crippen LogP contribution >= 0.6 is 0 Å². The molecule has 4 aromatic rings. The van der Waals surface area contributed by atoms with Gasteiger partial charge in [-0.15, -0.1) is 0 Å². The summed E-state index contributed by atoms with van der Waals surface area (Å²) in [5, 5.41) is 0.958. The van der Waals surface area contributed by atoms with Gasteiger partial charge in [-0.1, -0.05) is 36.4 Å². The summed E-state index contributed by atoms with van der Waals surface area (Å²) in [7, 11) is 1.70. The van der Waals surface area contributed by atoms with Crippen LogP contribution in [0.1, 0.15) is 22.8 Å². The molecule has 0 bridgehead atoms. The van der Waals surface area contributed by atoms with Gasteiger partial charge in [-0.05, 0) is 48.9 Å². The Balaban J connectivity index is 1.37. The van der Waals surface area contributed by atoms with Crippen molar-refractivity contribution in [2.45, 2.75) is 26.2 Å². The molecule has 1 aliphatic rings. The highest BCUT2D eigenvalue weighted by Crippen LogP contribution is 2.34. The molecule has 0 aliphatic carbocycles. The number of hydrogen-bond donors (Lipinski definition) is 0. The van der Waals surface area contributed by atoms with Crippen LogP contribution < -0.4 is 14.4 Å². The minimum absolute atomic E-state index is 0.0506. The van der Waals surface area contributed by atoms with Gasteiger partial charge in [-0.25, -0.2) is 0 Å². The van der Waals surface area contributed by atoms with Gasteiger partial charge in [0, 0.05) is 24.2 Å². The summed E-state index contributed by atoms with van der Waals surface area (Å²) in [5.41, 5.74) is 3.16. The lowest BCUT2D eigenvalue weighted by Crippen LogP contribution is -2.42. The third-order valence-corrected chi connectivity index (χ3v) is 5.95. The maximum absolute atomic E-state index is 13.1. The third-order valence-electron chi connectivity index (χ3n) is 5.95. The van der Waals surface area contributed by atoms with Crippen LogP contribution in [0.15, 0.2) is 79.0 Å². The second-order valence-corrected chi connectivity index (χ2v) is 8.17. The normalized spacial score (nSPS) is 15.3. The van der Waals surface area contributed by atoms with E-state index in [2.05, 4.69) is 0 Å². The Hall–Kier alpha value is -4.06. The van der Waals surface area contributed by atoms with Gasteiger partial charge in [0.15, 0.2) is 11.9 Å². The summed E-state index contributed by atoms with van der Waals surface area (Å²) in [6, 6.07) is 23.1. The number of benzene rings is 3. The summed E-state index contributed by atoms with van der Waals surface area (Å²) >= 11 is 0. The predicted molar refractivity (Wildman–Crippen MR) is 127 cm³/mol. The maximum atomic E-state index is 13.1. The molecule has 1 amide bonds. The summed E-state index contributed by atoms with van der Waals surface area (Å²) in [6.07, 6.45) is 1.37. The highest BCUT2D eigenvalue weighted by molar-refractivity contribution is 6.03. The zero-order chi connectivity index (χ0) is 22.9. The first-order valence-corrected chi connectivity index (χ1v) is 10.9. The van der Waals surface area contributed by atoms with Crippen LogP contribution in [0.4, 0.5) is 5.69 Å². The lowest BCUT2D eigenvalue weighted by molar-refractivity contribution is -0.125. The molecule has 0 fully saturated rings. The topological polar surface area (TPSA) is 60.8 Å². The van der Waals surface area contributed by atoms with Gasteiger partial charge >= 0.3 is 0 Å². The first-order chi connectivity index (χ1) is 16.0. The Morgan fingerprint density at radius 3 is 2.67 bits per heavy atom. The Kier molecular flexibility index (Phi) is 5.34. The second-order valence-electron chi connectivity index (χ2n) is 8.17.